The van der Waals surface area contributed by atoms with Crippen LogP contribution < -0.4 is 5.32 Å². The summed E-state index contributed by atoms with van der Waals surface area (Å²) in [5.41, 5.74) is 2.48. The number of pyridine rings is 1. The van der Waals surface area contributed by atoms with E-state index in [0.717, 1.165) is 23.3 Å². The molecule has 1 atom stereocenters. The molecule has 1 fully saturated rings. The van der Waals surface area contributed by atoms with Crippen LogP contribution in [-0.4, -0.2) is 62.0 Å². The Bertz CT molecular complexity index is 952. The summed E-state index contributed by atoms with van der Waals surface area (Å²) in [6.45, 7) is 1.01. The maximum Gasteiger partial charge on any atom is 0.321 e. The van der Waals surface area contributed by atoms with E-state index < -0.39 is 0 Å². The molecule has 0 spiro atoms. The Labute approximate surface area is 162 Å². The zero-order valence-corrected chi connectivity index (χ0v) is 15.4. The van der Waals surface area contributed by atoms with Crippen LogP contribution in [-0.2, 0) is 0 Å². The van der Waals surface area contributed by atoms with E-state index in [-0.39, 0.29) is 31.1 Å². The van der Waals surface area contributed by atoms with Gasteiger partial charge in [0.2, 0.25) is 0 Å². The second kappa shape index (κ2) is 7.95. The molecule has 1 aliphatic heterocycles. The van der Waals surface area contributed by atoms with Gasteiger partial charge in [-0.15, -0.1) is 0 Å². The van der Waals surface area contributed by atoms with Crippen LogP contribution in [0.25, 0.3) is 16.9 Å². The zero-order chi connectivity index (χ0) is 19.5. The average molecular weight is 381 g/mol. The molecule has 8 nitrogen and oxygen atoms in total. The van der Waals surface area contributed by atoms with Crippen molar-refractivity contribution in [1.29, 1.82) is 0 Å². The van der Waals surface area contributed by atoms with Crippen molar-refractivity contribution in [3.8, 4) is 5.82 Å². The fraction of sp³-hybridized carbons (Fsp3) is 0.350. The number of nitrogens with zero attached hydrogens (tertiary/aromatic N) is 4. The summed E-state index contributed by atoms with van der Waals surface area (Å²) in [6.07, 6.45) is 4.14. The minimum atomic E-state index is -0.195. The number of anilines is 1. The Balaban J connectivity index is 1.42. The molecule has 8 heteroatoms. The van der Waals surface area contributed by atoms with Crippen molar-refractivity contribution in [2.24, 2.45) is 11.8 Å². The van der Waals surface area contributed by atoms with E-state index in [1.54, 1.807) is 17.4 Å². The highest BCUT2D eigenvalue weighted by Crippen LogP contribution is 2.24. The number of aliphatic hydroxyl groups excluding tert-OH is 2. The number of carbonyl (C=O) groups is 1. The number of benzene rings is 1. The van der Waals surface area contributed by atoms with E-state index in [2.05, 4.69) is 15.3 Å². The Morgan fingerprint density at radius 2 is 2.00 bits per heavy atom. The Morgan fingerprint density at radius 3 is 2.75 bits per heavy atom. The molecule has 2 aromatic heterocycles. The van der Waals surface area contributed by atoms with Gasteiger partial charge in [0.05, 0.1) is 22.9 Å². The van der Waals surface area contributed by atoms with E-state index in [1.165, 1.54) is 0 Å². The summed E-state index contributed by atoms with van der Waals surface area (Å²) in [5.74, 6) is 0.668. The number of amides is 2. The zero-order valence-electron chi connectivity index (χ0n) is 15.4. The van der Waals surface area contributed by atoms with Crippen LogP contribution in [0.5, 0.6) is 0 Å². The number of aromatic nitrogens is 3. The first-order valence-corrected chi connectivity index (χ1v) is 9.35. The van der Waals surface area contributed by atoms with Crippen LogP contribution in [0.3, 0.4) is 0 Å². The lowest BCUT2D eigenvalue weighted by Gasteiger charge is -2.20. The van der Waals surface area contributed by atoms with Crippen molar-refractivity contribution in [3.63, 3.8) is 0 Å². The number of fused-ring (bicyclic) bond motifs is 1. The molecule has 0 saturated carbocycles. The minimum Gasteiger partial charge on any atom is -0.396 e. The van der Waals surface area contributed by atoms with Crippen molar-refractivity contribution >= 4 is 22.8 Å². The largest absolute Gasteiger partial charge is 0.396 e. The van der Waals surface area contributed by atoms with Gasteiger partial charge in [0, 0.05) is 32.2 Å². The number of likely N-dealkylation sites (tertiary alicyclic amines) is 1. The molecule has 3 N–H and O–H groups in total. The number of urea groups is 1. The predicted octanol–water partition coefficient (Wildman–Crippen LogP) is 1.88. The molecule has 146 valence electrons. The van der Waals surface area contributed by atoms with E-state index in [4.69, 9.17) is 0 Å². The van der Waals surface area contributed by atoms with Crippen molar-refractivity contribution in [1.82, 2.24) is 19.4 Å². The number of para-hydroxylation sites is 2. The van der Waals surface area contributed by atoms with Gasteiger partial charge in [0.25, 0.3) is 0 Å². The van der Waals surface area contributed by atoms with Gasteiger partial charge in [-0.1, -0.05) is 12.1 Å². The molecular formula is C20H23N5O3. The summed E-state index contributed by atoms with van der Waals surface area (Å²) in [6, 6.07) is 11.3. The summed E-state index contributed by atoms with van der Waals surface area (Å²) >= 11 is 0. The molecule has 0 bridgehead atoms. The van der Waals surface area contributed by atoms with Gasteiger partial charge >= 0.3 is 6.03 Å². The molecule has 0 aliphatic carbocycles. The fourth-order valence-electron chi connectivity index (χ4n) is 3.66. The summed E-state index contributed by atoms with van der Waals surface area (Å²) < 4.78 is 1.90. The van der Waals surface area contributed by atoms with Crippen molar-refractivity contribution in [2.75, 3.05) is 31.6 Å². The normalized spacial score (nSPS) is 16.8. The molecular weight excluding hydrogens is 358 g/mol. The van der Waals surface area contributed by atoms with Gasteiger partial charge in [0.15, 0.2) is 0 Å². The SMILES string of the molecule is O=C(Nc1ccc(-n2cnc3ccccc32)nc1)N1CC[C@H](C(CO)CO)C1. The summed E-state index contributed by atoms with van der Waals surface area (Å²) in [5, 5.41) is 21.5. The van der Waals surface area contributed by atoms with Gasteiger partial charge < -0.3 is 20.4 Å². The third-order valence-electron chi connectivity index (χ3n) is 5.35. The smallest absolute Gasteiger partial charge is 0.321 e. The first kappa shape index (κ1) is 18.4. The molecule has 0 radical (unpaired) electrons. The van der Waals surface area contributed by atoms with Gasteiger partial charge in [-0.2, -0.15) is 0 Å². The fourth-order valence-corrected chi connectivity index (χ4v) is 3.66. The van der Waals surface area contributed by atoms with Gasteiger partial charge in [-0.3, -0.25) is 4.57 Å². The molecule has 0 unspecified atom stereocenters. The second-order valence-electron chi connectivity index (χ2n) is 7.06. The number of hydrogen-bond donors (Lipinski definition) is 3. The first-order valence-electron chi connectivity index (χ1n) is 9.35. The molecule has 2 amide bonds. The molecule has 1 aliphatic rings. The topological polar surface area (TPSA) is 104 Å². The molecule has 1 saturated heterocycles. The van der Waals surface area contributed by atoms with Crippen molar-refractivity contribution in [3.05, 3.63) is 48.9 Å². The number of hydrogen-bond acceptors (Lipinski definition) is 5. The average Bonchev–Trinajstić information content (AvgIpc) is 3.37. The number of aliphatic hydroxyl groups is 2. The lowest BCUT2D eigenvalue weighted by molar-refractivity contribution is 0.109. The highest BCUT2D eigenvalue weighted by molar-refractivity contribution is 5.89. The van der Waals surface area contributed by atoms with Crippen molar-refractivity contribution in [2.45, 2.75) is 6.42 Å². The van der Waals surface area contributed by atoms with Crippen LogP contribution in [0.4, 0.5) is 10.5 Å². The van der Waals surface area contributed by atoms with Crippen LogP contribution in [0, 0.1) is 11.8 Å². The van der Waals surface area contributed by atoms with Crippen LogP contribution in [0.2, 0.25) is 0 Å². The predicted molar refractivity (Wildman–Crippen MR) is 105 cm³/mol. The highest BCUT2D eigenvalue weighted by atomic mass is 16.3. The third-order valence-corrected chi connectivity index (χ3v) is 5.35. The third kappa shape index (κ3) is 3.56. The van der Waals surface area contributed by atoms with Crippen LogP contribution in [0.15, 0.2) is 48.9 Å². The maximum atomic E-state index is 12.5. The molecule has 4 rings (SSSR count). The van der Waals surface area contributed by atoms with Crippen LogP contribution >= 0.6 is 0 Å². The van der Waals surface area contributed by atoms with Gasteiger partial charge in [-0.25, -0.2) is 14.8 Å². The van der Waals surface area contributed by atoms with E-state index in [9.17, 15) is 15.0 Å². The summed E-state index contributed by atoms with van der Waals surface area (Å²) in [7, 11) is 0. The second-order valence-corrected chi connectivity index (χ2v) is 7.06. The number of imidazole rings is 1. The Kier molecular flexibility index (Phi) is 5.23. The van der Waals surface area contributed by atoms with E-state index >= 15 is 0 Å². The van der Waals surface area contributed by atoms with Gasteiger partial charge in [-0.05, 0) is 36.6 Å². The first-order chi connectivity index (χ1) is 13.7. The molecule has 3 aromatic rings. The van der Waals surface area contributed by atoms with Gasteiger partial charge in [0.1, 0.15) is 12.1 Å². The Morgan fingerprint density at radius 1 is 1.18 bits per heavy atom. The maximum absolute atomic E-state index is 12.5. The number of carbonyl (C=O) groups excluding carboxylic acids is 1. The molecule has 28 heavy (non-hydrogen) atoms. The monoisotopic (exact) mass is 381 g/mol. The molecule has 1 aromatic carbocycles. The summed E-state index contributed by atoms with van der Waals surface area (Å²) in [4.78, 5) is 23.0. The number of nitrogens with one attached hydrogen (secondary N) is 1. The lowest BCUT2D eigenvalue weighted by Crippen LogP contribution is -2.34. The van der Waals surface area contributed by atoms with Crippen molar-refractivity contribution < 1.29 is 15.0 Å². The lowest BCUT2D eigenvalue weighted by atomic mass is 9.93. The molecule has 3 heterocycles. The minimum absolute atomic E-state index is 0.0645. The quantitative estimate of drug-likeness (QED) is 0.626. The van der Waals surface area contributed by atoms with E-state index in [1.807, 2.05) is 41.0 Å². The van der Waals surface area contributed by atoms with E-state index in [0.29, 0.717) is 18.8 Å². The Hall–Kier alpha value is -2.97. The highest BCUT2D eigenvalue weighted by Gasteiger charge is 2.31. The standard InChI is InChI=1S/C20H23N5O3/c26-11-15(12-27)14-7-8-24(10-14)20(28)23-16-5-6-19(21-9-16)25-13-22-17-3-1-2-4-18(17)25/h1-6,9,13-15,26-27H,7-8,10-12H2,(H,23,28)/t14-/m0/s1. The van der Waals surface area contributed by atoms with Crippen LogP contribution in [0.1, 0.15) is 6.42 Å². The number of rotatable bonds is 5.